The lowest BCUT2D eigenvalue weighted by Gasteiger charge is -2.19. The van der Waals surface area contributed by atoms with Crippen LogP contribution in [-0.2, 0) is 4.79 Å². The Morgan fingerprint density at radius 3 is 2.62 bits per heavy atom. The van der Waals surface area contributed by atoms with Gasteiger partial charge in [0.2, 0.25) is 0 Å². The second kappa shape index (κ2) is 8.51. The smallest absolute Gasteiger partial charge is 0.253 e. The zero-order valence-corrected chi connectivity index (χ0v) is 18.5. The van der Waals surface area contributed by atoms with E-state index in [1.807, 2.05) is 60.9 Å². The predicted octanol–water partition coefficient (Wildman–Crippen LogP) is 4.54. The summed E-state index contributed by atoms with van der Waals surface area (Å²) in [7, 11) is 0. The molecule has 9 heteroatoms. The first-order valence-corrected chi connectivity index (χ1v) is 11.2. The molecule has 0 bridgehead atoms. The van der Waals surface area contributed by atoms with Gasteiger partial charge in [-0.25, -0.2) is 5.01 Å². The molecule has 1 aliphatic rings. The largest absolute Gasteiger partial charge is 0.467 e. The summed E-state index contributed by atoms with van der Waals surface area (Å²) in [4.78, 5) is 13.2. The first-order valence-electron chi connectivity index (χ1n) is 10.2. The summed E-state index contributed by atoms with van der Waals surface area (Å²) in [5.41, 5.74) is 2.82. The zero-order valence-electron chi connectivity index (χ0n) is 17.6. The maximum absolute atomic E-state index is 13.2. The second-order valence-electron chi connectivity index (χ2n) is 7.44. The minimum Gasteiger partial charge on any atom is -0.467 e. The topological polar surface area (TPSA) is 89.7 Å². The molecule has 0 spiro atoms. The van der Waals surface area contributed by atoms with Crippen molar-refractivity contribution in [1.29, 1.82) is 0 Å². The molecule has 3 aromatic heterocycles. The lowest BCUT2D eigenvalue weighted by molar-refractivity contribution is -0.130. The number of hydrazone groups is 1. The van der Waals surface area contributed by atoms with Crippen molar-refractivity contribution in [2.24, 2.45) is 5.10 Å². The molecule has 1 amide bonds. The van der Waals surface area contributed by atoms with Crippen molar-refractivity contribution in [3.63, 3.8) is 0 Å². The Kier molecular flexibility index (Phi) is 5.40. The van der Waals surface area contributed by atoms with Gasteiger partial charge in [0.1, 0.15) is 29.1 Å². The molecular formula is C23H21N5O3S. The lowest BCUT2D eigenvalue weighted by atomic mass is 10.1. The van der Waals surface area contributed by atoms with Gasteiger partial charge in [0.15, 0.2) is 5.16 Å². The van der Waals surface area contributed by atoms with Crippen molar-refractivity contribution in [1.82, 2.24) is 19.8 Å². The van der Waals surface area contributed by atoms with Crippen molar-refractivity contribution in [3.05, 3.63) is 84.0 Å². The molecule has 0 aliphatic carbocycles. The van der Waals surface area contributed by atoms with Gasteiger partial charge in [-0.15, -0.1) is 10.2 Å². The number of amides is 1. The molecule has 4 aromatic rings. The lowest BCUT2D eigenvalue weighted by Crippen LogP contribution is -2.28. The molecule has 5 rings (SSSR count). The van der Waals surface area contributed by atoms with Crippen LogP contribution in [0.5, 0.6) is 0 Å². The number of rotatable bonds is 6. The fourth-order valence-electron chi connectivity index (χ4n) is 3.75. The van der Waals surface area contributed by atoms with Crippen LogP contribution in [0.2, 0.25) is 0 Å². The Bertz CT molecular complexity index is 1260. The normalized spacial score (nSPS) is 15.9. The van der Waals surface area contributed by atoms with Crippen LogP contribution >= 0.6 is 11.8 Å². The van der Waals surface area contributed by atoms with Crippen LogP contribution in [-0.4, -0.2) is 37.1 Å². The number of benzene rings is 1. The number of hydrogen-bond acceptors (Lipinski definition) is 7. The molecule has 0 saturated carbocycles. The molecule has 4 heterocycles. The summed E-state index contributed by atoms with van der Waals surface area (Å²) >= 11 is 1.34. The molecule has 8 nitrogen and oxygen atoms in total. The molecule has 0 fully saturated rings. The Labute approximate surface area is 188 Å². The molecule has 1 atom stereocenters. The van der Waals surface area contributed by atoms with E-state index in [2.05, 4.69) is 15.3 Å². The molecule has 1 aromatic carbocycles. The van der Waals surface area contributed by atoms with Gasteiger partial charge >= 0.3 is 0 Å². The van der Waals surface area contributed by atoms with E-state index in [1.165, 1.54) is 16.8 Å². The van der Waals surface area contributed by atoms with Gasteiger partial charge in [-0.05, 0) is 49.7 Å². The highest BCUT2D eigenvalue weighted by molar-refractivity contribution is 7.99. The minimum atomic E-state index is -0.311. The molecule has 0 saturated heterocycles. The molecule has 1 unspecified atom stereocenters. The van der Waals surface area contributed by atoms with Crippen molar-refractivity contribution in [3.8, 4) is 5.69 Å². The molecular weight excluding hydrogens is 426 g/mol. The van der Waals surface area contributed by atoms with Crippen molar-refractivity contribution in [2.75, 3.05) is 5.75 Å². The van der Waals surface area contributed by atoms with Gasteiger partial charge in [0.05, 0.1) is 24.0 Å². The Morgan fingerprint density at radius 2 is 1.88 bits per heavy atom. The highest BCUT2D eigenvalue weighted by atomic mass is 32.2. The van der Waals surface area contributed by atoms with Crippen LogP contribution in [0.15, 0.2) is 80.1 Å². The van der Waals surface area contributed by atoms with Crippen LogP contribution in [0, 0.1) is 13.8 Å². The quantitative estimate of drug-likeness (QED) is 0.403. The van der Waals surface area contributed by atoms with Crippen LogP contribution in [0.1, 0.15) is 35.4 Å². The molecule has 1 aliphatic heterocycles. The highest BCUT2D eigenvalue weighted by Crippen LogP contribution is 2.34. The third-order valence-corrected chi connectivity index (χ3v) is 6.23. The maximum Gasteiger partial charge on any atom is 0.253 e. The Balaban J connectivity index is 1.38. The third-order valence-electron chi connectivity index (χ3n) is 5.32. The Morgan fingerprint density at radius 1 is 1.06 bits per heavy atom. The van der Waals surface area contributed by atoms with E-state index in [0.29, 0.717) is 28.8 Å². The SMILES string of the molecule is Cc1ccccc1-n1c(C)nnc1SCC(=O)N1N=C(c2ccco2)CC1c1ccco1. The van der Waals surface area contributed by atoms with Crippen LogP contribution < -0.4 is 0 Å². The number of thioether (sulfide) groups is 1. The van der Waals surface area contributed by atoms with Gasteiger partial charge in [0.25, 0.3) is 5.91 Å². The number of nitrogens with zero attached hydrogens (tertiary/aromatic N) is 5. The second-order valence-corrected chi connectivity index (χ2v) is 8.38. The van der Waals surface area contributed by atoms with Crippen molar-refractivity contribution >= 4 is 23.4 Å². The minimum absolute atomic E-state index is 0.144. The van der Waals surface area contributed by atoms with Crippen LogP contribution in [0.4, 0.5) is 0 Å². The maximum atomic E-state index is 13.2. The monoisotopic (exact) mass is 447 g/mol. The van der Waals surface area contributed by atoms with E-state index < -0.39 is 0 Å². The van der Waals surface area contributed by atoms with Gasteiger partial charge in [-0.3, -0.25) is 9.36 Å². The molecule has 0 radical (unpaired) electrons. The van der Waals surface area contributed by atoms with Gasteiger partial charge in [-0.1, -0.05) is 30.0 Å². The van der Waals surface area contributed by atoms with E-state index in [0.717, 1.165) is 17.1 Å². The van der Waals surface area contributed by atoms with E-state index >= 15 is 0 Å². The van der Waals surface area contributed by atoms with Gasteiger partial charge in [0, 0.05) is 6.42 Å². The average Bonchev–Trinajstić information content (AvgIpc) is 3.59. The van der Waals surface area contributed by atoms with Crippen molar-refractivity contribution < 1.29 is 13.6 Å². The number of aromatic nitrogens is 3. The average molecular weight is 448 g/mol. The summed E-state index contributed by atoms with van der Waals surface area (Å²) in [5.74, 6) is 2.12. The number of carbonyl (C=O) groups is 1. The third kappa shape index (κ3) is 3.75. The number of aryl methyl sites for hydroxylation is 2. The standard InChI is InChI=1S/C23H21N5O3S/c1-15-7-3-4-8-18(15)27-16(2)24-25-23(27)32-14-22(29)28-19(21-10-6-12-31-21)13-17(26-28)20-9-5-11-30-20/h3-12,19H,13-14H2,1-2H3. The predicted molar refractivity (Wildman–Crippen MR) is 120 cm³/mol. The summed E-state index contributed by atoms with van der Waals surface area (Å²) in [6, 6.07) is 15.0. The number of carbonyl (C=O) groups excluding carboxylic acids is 1. The summed E-state index contributed by atoms with van der Waals surface area (Å²) in [6.07, 6.45) is 3.72. The summed E-state index contributed by atoms with van der Waals surface area (Å²) < 4.78 is 13.1. The molecule has 32 heavy (non-hydrogen) atoms. The first kappa shape index (κ1) is 20.3. The highest BCUT2D eigenvalue weighted by Gasteiger charge is 2.35. The van der Waals surface area contributed by atoms with Crippen molar-refractivity contribution in [2.45, 2.75) is 31.5 Å². The van der Waals surface area contributed by atoms with Crippen LogP contribution in [0.3, 0.4) is 0 Å². The molecule has 0 N–H and O–H groups in total. The van der Waals surface area contributed by atoms with E-state index in [9.17, 15) is 4.79 Å². The van der Waals surface area contributed by atoms with E-state index in [1.54, 1.807) is 18.6 Å². The first-order chi connectivity index (χ1) is 15.6. The van der Waals surface area contributed by atoms with Crippen LogP contribution in [0.25, 0.3) is 5.69 Å². The summed E-state index contributed by atoms with van der Waals surface area (Å²) in [5, 5.41) is 15.2. The van der Waals surface area contributed by atoms with E-state index in [4.69, 9.17) is 8.83 Å². The Hall–Kier alpha value is -3.59. The fraction of sp³-hybridized carbons (Fsp3) is 0.217. The number of furan rings is 2. The van der Waals surface area contributed by atoms with Gasteiger partial charge < -0.3 is 8.83 Å². The fourth-order valence-corrected chi connectivity index (χ4v) is 4.60. The number of para-hydroxylation sites is 1. The van der Waals surface area contributed by atoms with Gasteiger partial charge in [-0.2, -0.15) is 5.10 Å². The van der Waals surface area contributed by atoms with E-state index in [-0.39, 0.29) is 17.7 Å². The molecule has 162 valence electrons. The summed E-state index contributed by atoms with van der Waals surface area (Å²) in [6.45, 7) is 3.94. The zero-order chi connectivity index (χ0) is 22.1. The number of hydrogen-bond donors (Lipinski definition) is 0.